The first-order chi connectivity index (χ1) is 9.71. The molecule has 0 unspecified atom stereocenters. The molecular weight excluding hydrogens is 315 g/mol. The first-order valence-corrected chi connectivity index (χ1v) is 6.23. The summed E-state index contributed by atoms with van der Waals surface area (Å²) < 4.78 is 66.8. The van der Waals surface area contributed by atoms with Crippen molar-refractivity contribution in [3.63, 3.8) is 0 Å². The van der Waals surface area contributed by atoms with Gasteiger partial charge in [0.25, 0.3) is 6.43 Å². The molecule has 1 rings (SSSR count). The Morgan fingerprint density at radius 2 is 2.00 bits per heavy atom. The topological polar surface area (TPSA) is 47.3 Å². The van der Waals surface area contributed by atoms with Crippen molar-refractivity contribution in [2.75, 3.05) is 25.1 Å². The molecule has 0 aliphatic rings. The molecule has 0 saturated carbocycles. The molecule has 118 valence electrons. The highest BCUT2D eigenvalue weighted by atomic mass is 32.1. The summed E-state index contributed by atoms with van der Waals surface area (Å²) in [4.78, 5) is -0.353. The smallest absolute Gasteiger partial charge is 0.389 e. The zero-order valence-corrected chi connectivity index (χ0v) is 11.5. The second-order valence-electron chi connectivity index (χ2n) is 4.02. The number of nitrogens with two attached hydrogens (primary N) is 1. The van der Waals surface area contributed by atoms with Gasteiger partial charge in [0.2, 0.25) is 0 Å². The standard InChI is InChI=1S/C12H13F5N2OS/c13-10(14)6-20-4-3-19-7-1-2-8(11(18)21)9(5-7)12(15,16)17/h1-2,5,10,19H,3-4,6H2,(H2,18,21). The summed E-state index contributed by atoms with van der Waals surface area (Å²) in [5.41, 5.74) is 4.20. The quantitative estimate of drug-likeness (QED) is 0.459. The average Bonchev–Trinajstić information content (AvgIpc) is 2.36. The van der Waals surface area contributed by atoms with Gasteiger partial charge in [-0.25, -0.2) is 8.78 Å². The molecule has 0 aliphatic heterocycles. The number of hydrogen-bond donors (Lipinski definition) is 2. The van der Waals surface area contributed by atoms with E-state index >= 15 is 0 Å². The highest BCUT2D eigenvalue weighted by Crippen LogP contribution is 2.33. The van der Waals surface area contributed by atoms with Crippen molar-refractivity contribution < 1.29 is 26.7 Å². The van der Waals surface area contributed by atoms with Crippen LogP contribution in [0.2, 0.25) is 0 Å². The third-order valence-electron chi connectivity index (χ3n) is 2.41. The average molecular weight is 328 g/mol. The van der Waals surface area contributed by atoms with E-state index in [9.17, 15) is 22.0 Å². The number of rotatable bonds is 7. The molecule has 9 heteroatoms. The lowest BCUT2D eigenvalue weighted by Gasteiger charge is -2.14. The Hall–Kier alpha value is -1.48. The first kappa shape index (κ1) is 17.6. The Bertz CT molecular complexity index is 493. The van der Waals surface area contributed by atoms with Crippen LogP contribution in [0.4, 0.5) is 27.6 Å². The van der Waals surface area contributed by atoms with Gasteiger partial charge in [-0.05, 0) is 18.2 Å². The molecule has 0 bridgehead atoms. The van der Waals surface area contributed by atoms with Crippen LogP contribution < -0.4 is 11.1 Å². The summed E-state index contributed by atoms with van der Waals surface area (Å²) >= 11 is 4.57. The Kier molecular flexibility index (Phi) is 6.28. The van der Waals surface area contributed by atoms with Crippen molar-refractivity contribution in [1.82, 2.24) is 0 Å². The third-order valence-corrected chi connectivity index (χ3v) is 2.63. The van der Waals surface area contributed by atoms with Gasteiger partial charge in [-0.15, -0.1) is 0 Å². The van der Waals surface area contributed by atoms with Gasteiger partial charge in [-0.2, -0.15) is 13.2 Å². The monoisotopic (exact) mass is 328 g/mol. The van der Waals surface area contributed by atoms with E-state index in [1.165, 1.54) is 6.07 Å². The Morgan fingerprint density at radius 3 is 2.52 bits per heavy atom. The molecule has 1 aromatic rings. The van der Waals surface area contributed by atoms with E-state index in [1.807, 2.05) is 0 Å². The number of benzene rings is 1. The van der Waals surface area contributed by atoms with Crippen LogP contribution >= 0.6 is 12.2 Å². The van der Waals surface area contributed by atoms with Crippen molar-refractivity contribution >= 4 is 22.9 Å². The van der Waals surface area contributed by atoms with Crippen LogP contribution in [-0.2, 0) is 10.9 Å². The van der Waals surface area contributed by atoms with Gasteiger partial charge in [0, 0.05) is 17.8 Å². The van der Waals surface area contributed by atoms with Gasteiger partial charge in [-0.1, -0.05) is 12.2 Å². The molecule has 0 spiro atoms. The number of hydrogen-bond acceptors (Lipinski definition) is 3. The first-order valence-electron chi connectivity index (χ1n) is 5.82. The predicted octanol–water partition coefficient (Wildman–Crippen LogP) is 3.03. The van der Waals surface area contributed by atoms with Crippen molar-refractivity contribution in [2.45, 2.75) is 12.6 Å². The largest absolute Gasteiger partial charge is 0.417 e. The second-order valence-corrected chi connectivity index (χ2v) is 4.45. The zero-order chi connectivity index (χ0) is 16.0. The predicted molar refractivity (Wildman–Crippen MR) is 72.6 cm³/mol. The van der Waals surface area contributed by atoms with E-state index in [1.54, 1.807) is 0 Å². The highest BCUT2D eigenvalue weighted by molar-refractivity contribution is 7.80. The second kappa shape index (κ2) is 7.51. The molecule has 0 amide bonds. The molecule has 0 aliphatic carbocycles. The van der Waals surface area contributed by atoms with Crippen LogP contribution in [0, 0.1) is 0 Å². The van der Waals surface area contributed by atoms with Crippen LogP contribution in [0.3, 0.4) is 0 Å². The lowest BCUT2D eigenvalue weighted by Crippen LogP contribution is -2.19. The molecule has 3 N–H and O–H groups in total. The van der Waals surface area contributed by atoms with Crippen molar-refractivity contribution in [2.24, 2.45) is 5.73 Å². The SMILES string of the molecule is NC(=S)c1ccc(NCCOCC(F)F)cc1C(F)(F)F. The maximum atomic E-state index is 12.9. The lowest BCUT2D eigenvalue weighted by atomic mass is 10.1. The van der Waals surface area contributed by atoms with E-state index in [0.717, 1.165) is 12.1 Å². The van der Waals surface area contributed by atoms with Gasteiger partial charge in [-0.3, -0.25) is 0 Å². The molecule has 0 heterocycles. The minimum Gasteiger partial charge on any atom is -0.389 e. The zero-order valence-electron chi connectivity index (χ0n) is 10.7. The minimum atomic E-state index is -4.59. The number of halogens is 5. The van der Waals surface area contributed by atoms with E-state index in [2.05, 4.69) is 22.3 Å². The lowest BCUT2D eigenvalue weighted by molar-refractivity contribution is -0.137. The number of thiocarbonyl (C=S) groups is 1. The molecule has 0 aromatic heterocycles. The van der Waals surface area contributed by atoms with Crippen LogP contribution in [0.1, 0.15) is 11.1 Å². The van der Waals surface area contributed by atoms with Crippen LogP contribution in [0.25, 0.3) is 0 Å². The summed E-state index contributed by atoms with van der Waals surface area (Å²) in [6.45, 7) is -0.672. The maximum absolute atomic E-state index is 12.9. The van der Waals surface area contributed by atoms with E-state index in [4.69, 9.17) is 5.73 Å². The Labute approximate surface area is 123 Å². The molecule has 1 aromatic carbocycles. The van der Waals surface area contributed by atoms with Gasteiger partial charge in [0.15, 0.2) is 0 Å². The Morgan fingerprint density at radius 1 is 1.33 bits per heavy atom. The fourth-order valence-corrected chi connectivity index (χ4v) is 1.72. The summed E-state index contributed by atoms with van der Waals surface area (Å²) in [6, 6.07) is 3.39. The summed E-state index contributed by atoms with van der Waals surface area (Å²) in [5, 5.41) is 2.64. The number of ether oxygens (including phenoxy) is 1. The highest BCUT2D eigenvalue weighted by Gasteiger charge is 2.34. The summed E-state index contributed by atoms with van der Waals surface area (Å²) in [6.07, 6.45) is -7.17. The molecule has 0 radical (unpaired) electrons. The van der Waals surface area contributed by atoms with Crippen molar-refractivity contribution in [3.8, 4) is 0 Å². The third kappa shape index (κ3) is 5.80. The number of nitrogens with one attached hydrogen (secondary N) is 1. The van der Waals surface area contributed by atoms with Gasteiger partial charge >= 0.3 is 6.18 Å². The van der Waals surface area contributed by atoms with Gasteiger partial charge in [0.1, 0.15) is 11.6 Å². The summed E-state index contributed by atoms with van der Waals surface area (Å²) in [5.74, 6) is 0. The fraction of sp³-hybridized carbons (Fsp3) is 0.417. The van der Waals surface area contributed by atoms with E-state index in [-0.39, 0.29) is 29.4 Å². The summed E-state index contributed by atoms with van der Waals surface area (Å²) in [7, 11) is 0. The number of anilines is 1. The Balaban J connectivity index is 2.71. The van der Waals surface area contributed by atoms with Crippen molar-refractivity contribution in [1.29, 1.82) is 0 Å². The van der Waals surface area contributed by atoms with Crippen molar-refractivity contribution in [3.05, 3.63) is 29.3 Å². The molecular formula is C12H13F5N2OS. The van der Waals surface area contributed by atoms with Gasteiger partial charge < -0.3 is 15.8 Å². The normalized spacial score (nSPS) is 11.7. The molecule has 0 atom stereocenters. The van der Waals surface area contributed by atoms with E-state index in [0.29, 0.717) is 0 Å². The van der Waals surface area contributed by atoms with Crippen LogP contribution in [-0.4, -0.2) is 31.2 Å². The minimum absolute atomic E-state index is 0.0528. The molecule has 21 heavy (non-hydrogen) atoms. The van der Waals surface area contributed by atoms with Crippen LogP contribution in [0.5, 0.6) is 0 Å². The molecule has 0 saturated heterocycles. The maximum Gasteiger partial charge on any atom is 0.417 e. The van der Waals surface area contributed by atoms with E-state index < -0.39 is 24.8 Å². The fourth-order valence-electron chi connectivity index (χ4n) is 1.54. The molecule has 0 fully saturated rings. The van der Waals surface area contributed by atoms with Crippen LogP contribution in [0.15, 0.2) is 18.2 Å². The number of alkyl halides is 5. The molecule has 3 nitrogen and oxygen atoms in total. The van der Waals surface area contributed by atoms with Gasteiger partial charge in [0.05, 0.1) is 12.2 Å².